The van der Waals surface area contributed by atoms with E-state index in [2.05, 4.69) is 10.6 Å². The van der Waals surface area contributed by atoms with Crippen molar-refractivity contribution >= 4 is 18.3 Å². The lowest BCUT2D eigenvalue weighted by atomic mass is 10.1. The van der Waals surface area contributed by atoms with Crippen molar-refractivity contribution in [3.05, 3.63) is 35.1 Å². The molecule has 0 aromatic heterocycles. The fourth-order valence-corrected chi connectivity index (χ4v) is 1.32. The quantitative estimate of drug-likeness (QED) is 0.868. The number of hydrogen-bond donors (Lipinski definition) is 2. The van der Waals surface area contributed by atoms with Gasteiger partial charge in [0.15, 0.2) is 0 Å². The molecule has 2 N–H and O–H groups in total. The van der Waals surface area contributed by atoms with E-state index in [4.69, 9.17) is 0 Å². The zero-order chi connectivity index (χ0) is 12.1. The van der Waals surface area contributed by atoms with Crippen LogP contribution in [0.5, 0.6) is 0 Å². The second kappa shape index (κ2) is 7.25. The first-order chi connectivity index (χ1) is 7.54. The molecule has 1 aromatic carbocycles. The largest absolute Gasteiger partial charge is 0.350 e. The Hall–Kier alpha value is -1.13. The average Bonchev–Trinajstić information content (AvgIpc) is 2.25. The summed E-state index contributed by atoms with van der Waals surface area (Å²) in [6, 6.07) is 4.37. The Labute approximate surface area is 107 Å². The van der Waals surface area contributed by atoms with Gasteiger partial charge in [-0.3, -0.25) is 4.79 Å². The molecule has 0 saturated carbocycles. The number of hydrogen-bond acceptors (Lipinski definition) is 2. The standard InChI is InChI=1S/C12H17FN2O.ClH/c1-8-6-10(13)4-5-11(8)12(16)15-7-9(2)14-3;/h4-6,9,14H,7H2,1-3H3,(H,15,16);1H. The molecule has 1 unspecified atom stereocenters. The van der Waals surface area contributed by atoms with Gasteiger partial charge in [0.25, 0.3) is 5.91 Å². The minimum Gasteiger partial charge on any atom is -0.350 e. The zero-order valence-electron chi connectivity index (χ0n) is 10.2. The van der Waals surface area contributed by atoms with Crippen LogP contribution in [-0.2, 0) is 0 Å². The molecule has 0 spiro atoms. The normalized spacial score (nSPS) is 11.5. The number of amides is 1. The first-order valence-electron chi connectivity index (χ1n) is 5.26. The lowest BCUT2D eigenvalue weighted by molar-refractivity contribution is 0.0950. The number of carbonyl (C=O) groups is 1. The van der Waals surface area contributed by atoms with E-state index in [0.717, 1.165) is 0 Å². The van der Waals surface area contributed by atoms with Crippen molar-refractivity contribution in [1.29, 1.82) is 0 Å². The van der Waals surface area contributed by atoms with Crippen LogP contribution in [0.15, 0.2) is 18.2 Å². The van der Waals surface area contributed by atoms with E-state index in [1.54, 1.807) is 6.92 Å². The van der Waals surface area contributed by atoms with Crippen LogP contribution in [0.3, 0.4) is 0 Å². The van der Waals surface area contributed by atoms with E-state index in [9.17, 15) is 9.18 Å². The van der Waals surface area contributed by atoms with Crippen LogP contribution in [0.4, 0.5) is 4.39 Å². The lowest BCUT2D eigenvalue weighted by Gasteiger charge is -2.12. The molecule has 0 saturated heterocycles. The highest BCUT2D eigenvalue weighted by atomic mass is 35.5. The molecule has 0 aliphatic heterocycles. The van der Waals surface area contributed by atoms with Gasteiger partial charge in [0.2, 0.25) is 0 Å². The van der Waals surface area contributed by atoms with E-state index >= 15 is 0 Å². The number of nitrogens with one attached hydrogen (secondary N) is 2. The Kier molecular flexibility index (Phi) is 6.76. The first kappa shape index (κ1) is 15.9. The van der Waals surface area contributed by atoms with Crippen molar-refractivity contribution in [2.45, 2.75) is 19.9 Å². The fraction of sp³-hybridized carbons (Fsp3) is 0.417. The molecule has 17 heavy (non-hydrogen) atoms. The van der Waals surface area contributed by atoms with Gasteiger partial charge in [-0.15, -0.1) is 12.4 Å². The van der Waals surface area contributed by atoms with E-state index in [1.807, 2.05) is 14.0 Å². The molecule has 1 aromatic rings. The van der Waals surface area contributed by atoms with Crippen LogP contribution in [-0.4, -0.2) is 25.5 Å². The average molecular weight is 261 g/mol. The maximum absolute atomic E-state index is 12.8. The molecule has 3 nitrogen and oxygen atoms in total. The maximum atomic E-state index is 12.8. The third kappa shape index (κ3) is 4.71. The van der Waals surface area contributed by atoms with Gasteiger partial charge in [0.05, 0.1) is 0 Å². The third-order valence-electron chi connectivity index (χ3n) is 2.49. The highest BCUT2D eigenvalue weighted by Gasteiger charge is 2.09. The number of halogens is 2. The molecule has 0 fully saturated rings. The predicted molar refractivity (Wildman–Crippen MR) is 69.2 cm³/mol. The van der Waals surface area contributed by atoms with Crippen LogP contribution in [0.1, 0.15) is 22.8 Å². The van der Waals surface area contributed by atoms with Gasteiger partial charge in [-0.25, -0.2) is 4.39 Å². The van der Waals surface area contributed by atoms with Crippen molar-refractivity contribution in [3.63, 3.8) is 0 Å². The summed E-state index contributed by atoms with van der Waals surface area (Å²) in [5, 5.41) is 5.81. The van der Waals surface area contributed by atoms with E-state index in [0.29, 0.717) is 17.7 Å². The van der Waals surface area contributed by atoms with Gasteiger partial charge in [0, 0.05) is 18.2 Å². The van der Waals surface area contributed by atoms with Crippen molar-refractivity contribution in [3.8, 4) is 0 Å². The third-order valence-corrected chi connectivity index (χ3v) is 2.49. The van der Waals surface area contributed by atoms with E-state index in [1.165, 1.54) is 18.2 Å². The topological polar surface area (TPSA) is 41.1 Å². The van der Waals surface area contributed by atoms with Crippen molar-refractivity contribution in [1.82, 2.24) is 10.6 Å². The lowest BCUT2D eigenvalue weighted by Crippen LogP contribution is -2.37. The Morgan fingerprint density at radius 3 is 2.65 bits per heavy atom. The SMILES string of the molecule is CNC(C)CNC(=O)c1ccc(F)cc1C.Cl. The van der Waals surface area contributed by atoms with E-state index in [-0.39, 0.29) is 30.2 Å². The number of rotatable bonds is 4. The molecule has 0 heterocycles. The molecule has 1 amide bonds. The van der Waals surface area contributed by atoms with Crippen LogP contribution < -0.4 is 10.6 Å². The molecular weight excluding hydrogens is 243 g/mol. The summed E-state index contributed by atoms with van der Waals surface area (Å²) in [4.78, 5) is 11.7. The molecular formula is C12H18ClFN2O. The molecule has 96 valence electrons. The monoisotopic (exact) mass is 260 g/mol. The van der Waals surface area contributed by atoms with Gasteiger partial charge >= 0.3 is 0 Å². The highest BCUT2D eigenvalue weighted by molar-refractivity contribution is 5.95. The Balaban J connectivity index is 0.00000256. The molecule has 0 radical (unpaired) electrons. The van der Waals surface area contributed by atoms with Crippen LogP contribution in [0.2, 0.25) is 0 Å². The highest BCUT2D eigenvalue weighted by Crippen LogP contribution is 2.09. The van der Waals surface area contributed by atoms with Gasteiger partial charge in [-0.2, -0.15) is 0 Å². The van der Waals surface area contributed by atoms with Crippen LogP contribution in [0.25, 0.3) is 0 Å². The summed E-state index contributed by atoms with van der Waals surface area (Å²) in [6.07, 6.45) is 0. The number of benzene rings is 1. The maximum Gasteiger partial charge on any atom is 0.251 e. The Morgan fingerprint density at radius 1 is 1.47 bits per heavy atom. The fourth-order valence-electron chi connectivity index (χ4n) is 1.32. The molecule has 0 aliphatic carbocycles. The number of aryl methyl sites for hydroxylation is 1. The molecule has 5 heteroatoms. The second-order valence-electron chi connectivity index (χ2n) is 3.86. The summed E-state index contributed by atoms with van der Waals surface area (Å²) in [7, 11) is 1.83. The Morgan fingerprint density at radius 2 is 2.12 bits per heavy atom. The number of carbonyl (C=O) groups excluding carboxylic acids is 1. The smallest absolute Gasteiger partial charge is 0.251 e. The minimum absolute atomic E-state index is 0. The summed E-state index contributed by atoms with van der Waals surface area (Å²) in [5.74, 6) is -0.489. The molecule has 0 aliphatic rings. The molecule has 0 bridgehead atoms. The van der Waals surface area contributed by atoms with E-state index < -0.39 is 0 Å². The van der Waals surface area contributed by atoms with Gasteiger partial charge < -0.3 is 10.6 Å². The molecule has 1 atom stereocenters. The summed E-state index contributed by atoms with van der Waals surface area (Å²) < 4.78 is 12.8. The minimum atomic E-state index is -0.322. The molecule has 1 rings (SSSR count). The van der Waals surface area contributed by atoms with Gasteiger partial charge in [-0.05, 0) is 44.7 Å². The van der Waals surface area contributed by atoms with Gasteiger partial charge in [0.1, 0.15) is 5.82 Å². The summed E-state index contributed by atoms with van der Waals surface area (Å²) in [5.41, 5.74) is 1.17. The van der Waals surface area contributed by atoms with Crippen molar-refractivity contribution in [2.24, 2.45) is 0 Å². The van der Waals surface area contributed by atoms with Gasteiger partial charge in [-0.1, -0.05) is 0 Å². The van der Waals surface area contributed by atoms with Crippen LogP contribution in [0, 0.1) is 12.7 Å². The van der Waals surface area contributed by atoms with Crippen molar-refractivity contribution in [2.75, 3.05) is 13.6 Å². The zero-order valence-corrected chi connectivity index (χ0v) is 11.0. The summed E-state index contributed by atoms with van der Waals surface area (Å²) >= 11 is 0. The predicted octanol–water partition coefficient (Wildman–Crippen LogP) is 1.89. The Bertz CT molecular complexity index is 385. The van der Waals surface area contributed by atoms with Crippen LogP contribution >= 0.6 is 12.4 Å². The number of likely N-dealkylation sites (N-methyl/N-ethyl adjacent to an activating group) is 1. The first-order valence-corrected chi connectivity index (χ1v) is 5.26. The summed E-state index contributed by atoms with van der Waals surface area (Å²) in [6.45, 7) is 4.24. The second-order valence-corrected chi connectivity index (χ2v) is 3.86. The van der Waals surface area contributed by atoms with Crippen molar-refractivity contribution < 1.29 is 9.18 Å².